The molecule has 0 saturated heterocycles. The minimum Gasteiger partial charge on any atom is -0.457 e. The van der Waals surface area contributed by atoms with E-state index in [1.165, 1.54) is 17.0 Å². The van der Waals surface area contributed by atoms with E-state index in [2.05, 4.69) is 0 Å². The van der Waals surface area contributed by atoms with Gasteiger partial charge in [-0.05, 0) is 63.1 Å². The molecule has 0 spiro atoms. The number of esters is 1. The van der Waals surface area contributed by atoms with Crippen molar-refractivity contribution < 1.29 is 27.5 Å². The van der Waals surface area contributed by atoms with Crippen LogP contribution < -0.4 is 0 Å². The lowest BCUT2D eigenvalue weighted by molar-refractivity contribution is -0.151. The molecule has 0 N–H and O–H groups in total. The van der Waals surface area contributed by atoms with Crippen molar-refractivity contribution in [1.82, 2.24) is 4.90 Å². The van der Waals surface area contributed by atoms with Crippen molar-refractivity contribution in [2.75, 3.05) is 0 Å². The average molecular weight is 480 g/mol. The summed E-state index contributed by atoms with van der Waals surface area (Å²) in [4.78, 5) is 27.7. The number of halogens is 4. The molecule has 33 heavy (non-hydrogen) atoms. The molecule has 1 aliphatic heterocycles. The zero-order valence-electron chi connectivity index (χ0n) is 18.8. The third-order valence-electron chi connectivity index (χ3n) is 5.31. The van der Waals surface area contributed by atoms with E-state index in [-0.39, 0.29) is 24.4 Å². The summed E-state index contributed by atoms with van der Waals surface area (Å²) in [5.41, 5.74) is 0.312. The molecule has 8 heteroatoms. The van der Waals surface area contributed by atoms with Crippen LogP contribution in [0.5, 0.6) is 0 Å². The summed E-state index contributed by atoms with van der Waals surface area (Å²) in [7, 11) is 0. The average Bonchev–Trinajstić information content (AvgIpc) is 2.68. The lowest BCUT2D eigenvalue weighted by atomic mass is 9.83. The number of ether oxygens (including phenoxy) is 1. The normalized spacial score (nSPS) is 17.4. The molecule has 1 amide bonds. The van der Waals surface area contributed by atoms with Crippen molar-refractivity contribution in [2.24, 2.45) is 0 Å². The summed E-state index contributed by atoms with van der Waals surface area (Å²) in [6.45, 7) is 7.04. The van der Waals surface area contributed by atoms with E-state index in [1.807, 2.05) is 6.07 Å². The van der Waals surface area contributed by atoms with E-state index in [4.69, 9.17) is 16.3 Å². The zero-order chi connectivity index (χ0) is 24.6. The molecule has 4 nitrogen and oxygen atoms in total. The van der Waals surface area contributed by atoms with Crippen molar-refractivity contribution in [3.63, 3.8) is 0 Å². The molecule has 1 atom stereocenters. The first kappa shape index (κ1) is 24.8. The van der Waals surface area contributed by atoms with Crippen LogP contribution in [0.1, 0.15) is 56.7 Å². The molecule has 0 saturated carbocycles. The van der Waals surface area contributed by atoms with Crippen molar-refractivity contribution in [3.8, 4) is 0 Å². The predicted molar refractivity (Wildman–Crippen MR) is 119 cm³/mol. The van der Waals surface area contributed by atoms with Gasteiger partial charge in [0.05, 0.1) is 17.7 Å². The predicted octanol–water partition coefficient (Wildman–Crippen LogP) is 6.49. The molecule has 0 bridgehead atoms. The SMILES string of the molecule is CC1=C(C(=O)OC(C)(C)C)C(c2ccc(C(F)(F)F)cc2)CC(=O)N1Cc1cccc(Cl)c1. The number of rotatable bonds is 4. The Morgan fingerprint density at radius 2 is 1.76 bits per heavy atom. The first-order valence-electron chi connectivity index (χ1n) is 10.4. The highest BCUT2D eigenvalue weighted by molar-refractivity contribution is 6.30. The van der Waals surface area contributed by atoms with Gasteiger partial charge in [0.1, 0.15) is 5.60 Å². The van der Waals surface area contributed by atoms with Gasteiger partial charge in [0.25, 0.3) is 0 Å². The lowest BCUT2D eigenvalue weighted by Crippen LogP contribution is -2.39. The Balaban J connectivity index is 2.04. The minimum absolute atomic E-state index is 0.0716. The molecular weight excluding hydrogens is 455 g/mol. The van der Waals surface area contributed by atoms with Crippen LogP contribution in [0.4, 0.5) is 13.2 Å². The van der Waals surface area contributed by atoms with Crippen LogP contribution in [0.15, 0.2) is 59.8 Å². The molecule has 1 heterocycles. The molecule has 1 aliphatic rings. The lowest BCUT2D eigenvalue weighted by Gasteiger charge is -2.35. The van der Waals surface area contributed by atoms with E-state index in [0.717, 1.165) is 17.7 Å². The second kappa shape index (κ2) is 9.21. The first-order valence-corrected chi connectivity index (χ1v) is 10.8. The number of carbonyl (C=O) groups is 2. The maximum Gasteiger partial charge on any atom is 0.416 e. The standard InChI is InChI=1S/C25H25ClF3NO3/c1-15-22(23(32)33-24(2,3)4)20(17-8-10-18(11-9-17)25(27,28)29)13-21(31)30(15)14-16-6-5-7-19(26)12-16/h5-12,20H,13-14H2,1-4H3. The molecule has 2 aromatic carbocycles. The largest absolute Gasteiger partial charge is 0.457 e. The summed E-state index contributed by atoms with van der Waals surface area (Å²) in [6, 6.07) is 11.6. The second-order valence-electron chi connectivity index (χ2n) is 8.99. The highest BCUT2D eigenvalue weighted by atomic mass is 35.5. The molecule has 1 unspecified atom stereocenters. The Bertz CT molecular complexity index is 1090. The van der Waals surface area contributed by atoms with E-state index in [0.29, 0.717) is 16.3 Å². The molecular formula is C25H25ClF3NO3. The number of carbonyl (C=O) groups excluding carboxylic acids is 2. The molecule has 3 rings (SSSR count). The second-order valence-corrected chi connectivity index (χ2v) is 9.42. The van der Waals surface area contributed by atoms with Gasteiger partial charge in [-0.1, -0.05) is 35.9 Å². The number of amides is 1. The van der Waals surface area contributed by atoms with Gasteiger partial charge in [0, 0.05) is 23.1 Å². The summed E-state index contributed by atoms with van der Waals surface area (Å²) in [6.07, 6.45) is -4.55. The quantitative estimate of drug-likeness (QED) is 0.471. The number of nitrogens with zero attached hydrogens (tertiary/aromatic N) is 1. The summed E-state index contributed by atoms with van der Waals surface area (Å²) >= 11 is 6.07. The number of alkyl halides is 3. The topological polar surface area (TPSA) is 46.6 Å². The molecule has 0 radical (unpaired) electrons. The van der Waals surface area contributed by atoms with E-state index in [9.17, 15) is 22.8 Å². The van der Waals surface area contributed by atoms with E-state index >= 15 is 0 Å². The smallest absolute Gasteiger partial charge is 0.416 e. The van der Waals surface area contributed by atoms with Crippen LogP contribution in [-0.2, 0) is 27.0 Å². The van der Waals surface area contributed by atoms with Gasteiger partial charge < -0.3 is 9.64 Å². The van der Waals surface area contributed by atoms with Crippen molar-refractivity contribution in [3.05, 3.63) is 81.5 Å². The molecule has 0 fully saturated rings. The van der Waals surface area contributed by atoms with Gasteiger partial charge in [0.2, 0.25) is 5.91 Å². The van der Waals surface area contributed by atoms with Gasteiger partial charge in [-0.2, -0.15) is 13.2 Å². The Hall–Kier alpha value is -2.80. The summed E-state index contributed by atoms with van der Waals surface area (Å²) in [5, 5.41) is 0.522. The van der Waals surface area contributed by atoms with Gasteiger partial charge in [0.15, 0.2) is 0 Å². The fraction of sp³-hybridized carbons (Fsp3) is 0.360. The first-order chi connectivity index (χ1) is 15.3. The summed E-state index contributed by atoms with van der Waals surface area (Å²) < 4.78 is 44.6. The number of benzene rings is 2. The number of hydrogen-bond acceptors (Lipinski definition) is 3. The third kappa shape index (κ3) is 5.96. The Morgan fingerprint density at radius 1 is 1.12 bits per heavy atom. The highest BCUT2D eigenvalue weighted by Gasteiger charge is 2.38. The van der Waals surface area contributed by atoms with E-state index in [1.54, 1.807) is 45.9 Å². The molecule has 176 valence electrons. The maximum atomic E-state index is 13.2. The third-order valence-corrected chi connectivity index (χ3v) is 5.55. The van der Waals surface area contributed by atoms with Gasteiger partial charge in [-0.3, -0.25) is 4.79 Å². The van der Waals surface area contributed by atoms with E-state index < -0.39 is 29.2 Å². The Labute approximate surface area is 196 Å². The van der Waals surface area contributed by atoms with Crippen LogP contribution in [0.25, 0.3) is 0 Å². The molecule has 0 aliphatic carbocycles. The monoisotopic (exact) mass is 479 g/mol. The molecule has 2 aromatic rings. The van der Waals surface area contributed by atoms with Crippen LogP contribution in [0, 0.1) is 0 Å². The van der Waals surface area contributed by atoms with Gasteiger partial charge in [-0.15, -0.1) is 0 Å². The van der Waals surface area contributed by atoms with Crippen molar-refractivity contribution in [1.29, 1.82) is 0 Å². The van der Waals surface area contributed by atoms with Crippen LogP contribution >= 0.6 is 11.6 Å². The molecule has 0 aromatic heterocycles. The number of allylic oxidation sites excluding steroid dienone is 1. The minimum atomic E-state index is -4.48. The van der Waals surface area contributed by atoms with Gasteiger partial charge >= 0.3 is 12.1 Å². The maximum absolute atomic E-state index is 13.2. The van der Waals surface area contributed by atoms with Crippen LogP contribution in [-0.4, -0.2) is 22.4 Å². The number of hydrogen-bond donors (Lipinski definition) is 0. The van der Waals surface area contributed by atoms with Gasteiger partial charge in [-0.25, -0.2) is 4.79 Å². The summed E-state index contributed by atoms with van der Waals surface area (Å²) in [5.74, 6) is -1.57. The van der Waals surface area contributed by atoms with Crippen molar-refractivity contribution in [2.45, 2.75) is 58.4 Å². The van der Waals surface area contributed by atoms with Crippen LogP contribution in [0.3, 0.4) is 0 Å². The Kier molecular flexibility index (Phi) is 6.93. The fourth-order valence-corrected chi connectivity index (χ4v) is 4.02. The fourth-order valence-electron chi connectivity index (χ4n) is 3.81. The van der Waals surface area contributed by atoms with Crippen molar-refractivity contribution >= 4 is 23.5 Å². The zero-order valence-corrected chi connectivity index (χ0v) is 19.6. The highest BCUT2D eigenvalue weighted by Crippen LogP contribution is 2.39. The van der Waals surface area contributed by atoms with Crippen LogP contribution in [0.2, 0.25) is 5.02 Å². The Morgan fingerprint density at radius 3 is 2.30 bits per heavy atom.